The van der Waals surface area contributed by atoms with Crippen molar-refractivity contribution in [3.8, 4) is 11.4 Å². The van der Waals surface area contributed by atoms with E-state index in [0.717, 1.165) is 22.1 Å². The first-order valence-electron chi connectivity index (χ1n) is 14.8. The first-order valence-corrected chi connectivity index (χ1v) is 14.8. The molecule has 5 heterocycles. The fourth-order valence-corrected chi connectivity index (χ4v) is 7.28. The van der Waals surface area contributed by atoms with E-state index >= 15 is 4.39 Å². The Bertz CT molecular complexity index is 1860. The zero-order valence-electron chi connectivity index (χ0n) is 24.4. The highest BCUT2D eigenvalue weighted by Crippen LogP contribution is 2.48. The van der Waals surface area contributed by atoms with Crippen LogP contribution in [0.3, 0.4) is 0 Å². The van der Waals surface area contributed by atoms with Crippen molar-refractivity contribution < 1.29 is 33.4 Å². The van der Waals surface area contributed by atoms with Gasteiger partial charge in [-0.15, -0.1) is 0 Å². The number of aryl methyl sites for hydroxylation is 1. The van der Waals surface area contributed by atoms with Crippen molar-refractivity contribution in [3.63, 3.8) is 0 Å². The van der Waals surface area contributed by atoms with Crippen molar-refractivity contribution in [3.05, 3.63) is 61.7 Å². The van der Waals surface area contributed by atoms with Crippen LogP contribution in [0.2, 0.25) is 0 Å². The van der Waals surface area contributed by atoms with Crippen molar-refractivity contribution in [1.82, 2.24) is 19.8 Å². The molecule has 4 aliphatic rings. The number of esters is 1. The van der Waals surface area contributed by atoms with Crippen LogP contribution >= 0.6 is 0 Å². The number of aromatic nitrogens is 2. The van der Waals surface area contributed by atoms with Crippen LogP contribution in [0.1, 0.15) is 65.6 Å². The number of ether oxygens (including phenoxy) is 2. The lowest BCUT2D eigenvalue weighted by Crippen LogP contribution is -2.44. The molecule has 2 aromatic heterocycles. The van der Waals surface area contributed by atoms with Gasteiger partial charge in [0, 0.05) is 35.5 Å². The van der Waals surface area contributed by atoms with Gasteiger partial charge in [-0.3, -0.25) is 14.4 Å². The summed E-state index contributed by atoms with van der Waals surface area (Å²) in [5.74, 6) is -1.81. The molecule has 230 valence electrons. The third kappa shape index (κ3) is 3.95. The van der Waals surface area contributed by atoms with Crippen LogP contribution in [-0.2, 0) is 49.0 Å². The number of nitrogens with one attached hydrogen (secondary N) is 1. The Morgan fingerprint density at radius 2 is 2.05 bits per heavy atom. The van der Waals surface area contributed by atoms with E-state index in [0.29, 0.717) is 48.3 Å². The predicted molar refractivity (Wildman–Crippen MR) is 154 cm³/mol. The van der Waals surface area contributed by atoms with Crippen LogP contribution in [-0.4, -0.2) is 63.3 Å². The molecule has 0 radical (unpaired) electrons. The van der Waals surface area contributed by atoms with Gasteiger partial charge in [-0.25, -0.2) is 14.2 Å². The zero-order chi connectivity index (χ0) is 31.1. The molecule has 13 heteroatoms. The van der Waals surface area contributed by atoms with Crippen LogP contribution in [0, 0.1) is 12.7 Å². The van der Waals surface area contributed by atoms with E-state index < -0.39 is 35.0 Å². The topological polar surface area (TPSA) is 166 Å². The molecule has 12 nitrogen and oxygen atoms in total. The second kappa shape index (κ2) is 10.2. The molecular weight excluding hydrogens is 573 g/mol. The second-order valence-corrected chi connectivity index (χ2v) is 11.8. The van der Waals surface area contributed by atoms with Crippen LogP contribution in [0.15, 0.2) is 16.9 Å². The summed E-state index contributed by atoms with van der Waals surface area (Å²) in [6.45, 7) is 3.37. The molecule has 44 heavy (non-hydrogen) atoms. The lowest BCUT2D eigenvalue weighted by molar-refractivity contribution is -0.172. The van der Waals surface area contributed by atoms with Crippen molar-refractivity contribution >= 4 is 28.7 Å². The van der Waals surface area contributed by atoms with Crippen molar-refractivity contribution in [1.29, 1.82) is 0 Å². The summed E-state index contributed by atoms with van der Waals surface area (Å²) < 4.78 is 27.6. The zero-order valence-corrected chi connectivity index (χ0v) is 24.4. The number of amides is 2. The molecule has 2 amide bonds. The van der Waals surface area contributed by atoms with E-state index in [4.69, 9.17) is 20.2 Å². The van der Waals surface area contributed by atoms with Gasteiger partial charge in [0.05, 0.1) is 41.6 Å². The number of halogens is 1. The van der Waals surface area contributed by atoms with Crippen LogP contribution in [0.25, 0.3) is 22.3 Å². The summed E-state index contributed by atoms with van der Waals surface area (Å²) >= 11 is 0. The first-order chi connectivity index (χ1) is 21.1. The number of fused-ring (bicyclic) bond motifs is 5. The fraction of sp³-hybridized carbons (Fsp3) is 0.452. The van der Waals surface area contributed by atoms with Gasteiger partial charge in [-0.05, 0) is 48.9 Å². The maximum absolute atomic E-state index is 15.2. The quantitative estimate of drug-likeness (QED) is 0.216. The number of benzene rings is 1. The number of carbonyl (C=O) groups is 3. The van der Waals surface area contributed by atoms with Gasteiger partial charge in [-0.2, -0.15) is 0 Å². The number of nitrogens with two attached hydrogens (primary N) is 1. The molecule has 1 aliphatic carbocycles. The molecular formula is C31H32FN5O7. The molecule has 4 N–H and O–H groups in total. The molecule has 1 fully saturated rings. The number of likely N-dealkylation sites (tertiary alicyclic amines) is 1. The molecule has 7 rings (SSSR count). The Balaban J connectivity index is 1.37. The monoisotopic (exact) mass is 605 g/mol. The third-order valence-electron chi connectivity index (χ3n) is 9.65. The smallest absolute Gasteiger partial charge is 0.343 e. The highest BCUT2D eigenvalue weighted by atomic mass is 19.1. The molecule has 0 bridgehead atoms. The van der Waals surface area contributed by atoms with Gasteiger partial charge in [0.15, 0.2) is 5.60 Å². The maximum atomic E-state index is 15.2. The highest BCUT2D eigenvalue weighted by Gasteiger charge is 2.47. The normalized spacial score (nSPS) is 23.4. The van der Waals surface area contributed by atoms with E-state index in [1.807, 2.05) is 0 Å². The molecule has 1 unspecified atom stereocenters. The number of rotatable bonds is 6. The summed E-state index contributed by atoms with van der Waals surface area (Å²) in [4.78, 5) is 58.2. The van der Waals surface area contributed by atoms with Crippen molar-refractivity contribution in [2.45, 2.75) is 70.4 Å². The lowest BCUT2D eigenvalue weighted by Gasteiger charge is -2.35. The van der Waals surface area contributed by atoms with E-state index in [1.165, 1.54) is 6.07 Å². The molecule has 0 saturated carbocycles. The van der Waals surface area contributed by atoms with E-state index in [1.54, 1.807) is 29.4 Å². The van der Waals surface area contributed by atoms with Crippen LogP contribution in [0.4, 0.5) is 4.39 Å². The summed E-state index contributed by atoms with van der Waals surface area (Å²) in [5.41, 5.74) is 7.55. The SMILES string of the molecule is CC[C@@]1(O)C(=O)OCc2c1cc1n(c2=O)Cc2c-1nc1cc(F)c(C)c3c1c2[C@@H](N1CCC(OCNC(=O)CN)C1=O)CC3. The average Bonchev–Trinajstić information content (AvgIpc) is 3.57. The van der Waals surface area contributed by atoms with Gasteiger partial charge >= 0.3 is 5.97 Å². The molecule has 3 atom stereocenters. The minimum atomic E-state index is -1.98. The Morgan fingerprint density at radius 3 is 2.80 bits per heavy atom. The van der Waals surface area contributed by atoms with Crippen LogP contribution < -0.4 is 16.6 Å². The average molecular weight is 606 g/mol. The minimum Gasteiger partial charge on any atom is -0.458 e. The fourth-order valence-electron chi connectivity index (χ4n) is 7.28. The number of carbonyl (C=O) groups excluding carboxylic acids is 3. The van der Waals surface area contributed by atoms with E-state index in [2.05, 4.69) is 5.32 Å². The van der Waals surface area contributed by atoms with Crippen LogP contribution in [0.5, 0.6) is 0 Å². The number of pyridine rings is 2. The Hall–Kier alpha value is -4.20. The third-order valence-corrected chi connectivity index (χ3v) is 9.65. The van der Waals surface area contributed by atoms with Gasteiger partial charge < -0.3 is 35.1 Å². The van der Waals surface area contributed by atoms with Gasteiger partial charge in [-0.1, -0.05) is 6.92 Å². The standard InChI is InChI=1S/C31H32FN5O7/c1-3-31(42)18-8-22-27-16(11-37(22)28(39)17(18)12-43-30(31)41)26-21(5-4-15-14(2)19(32)9-20(35-27)25(15)26)36-7-6-23(29(36)40)44-13-34-24(38)10-33/h8-9,21,23,42H,3-7,10-13,33H2,1-2H3,(H,34,38)/t21-,23?,31-/m0/s1. The van der Waals surface area contributed by atoms with E-state index in [-0.39, 0.29) is 55.9 Å². The second-order valence-electron chi connectivity index (χ2n) is 11.8. The Kier molecular flexibility index (Phi) is 6.61. The van der Waals surface area contributed by atoms with Gasteiger partial charge in [0.25, 0.3) is 11.5 Å². The number of nitrogens with zero attached hydrogens (tertiary/aromatic N) is 3. The first kappa shape index (κ1) is 28.6. The van der Waals surface area contributed by atoms with Gasteiger partial charge in [0.2, 0.25) is 5.91 Å². The lowest BCUT2D eigenvalue weighted by atomic mass is 9.81. The molecule has 3 aromatic rings. The van der Waals surface area contributed by atoms with Crippen molar-refractivity contribution in [2.24, 2.45) is 5.73 Å². The number of cyclic esters (lactones) is 1. The molecule has 1 aromatic carbocycles. The molecule has 3 aliphatic heterocycles. The minimum absolute atomic E-state index is 0.0110. The molecule has 0 spiro atoms. The van der Waals surface area contributed by atoms with E-state index in [9.17, 15) is 24.3 Å². The predicted octanol–water partition coefficient (Wildman–Crippen LogP) is 1.16. The Morgan fingerprint density at radius 1 is 1.25 bits per heavy atom. The summed E-state index contributed by atoms with van der Waals surface area (Å²) in [5, 5.41) is 14.6. The highest BCUT2D eigenvalue weighted by molar-refractivity contribution is 5.94. The Labute approximate surface area is 250 Å². The number of hydrogen-bond acceptors (Lipinski definition) is 9. The summed E-state index contributed by atoms with van der Waals surface area (Å²) in [6.07, 6.45) is 0.757. The van der Waals surface area contributed by atoms with Crippen molar-refractivity contribution in [2.75, 3.05) is 19.8 Å². The summed E-state index contributed by atoms with van der Waals surface area (Å²) in [7, 11) is 0. The largest absolute Gasteiger partial charge is 0.458 e. The number of hydrogen-bond donors (Lipinski definition) is 3. The molecule has 1 saturated heterocycles. The summed E-state index contributed by atoms with van der Waals surface area (Å²) in [6, 6.07) is 2.63. The maximum Gasteiger partial charge on any atom is 0.343 e. The van der Waals surface area contributed by atoms with Gasteiger partial charge in [0.1, 0.15) is 25.3 Å². The number of aliphatic hydroxyl groups is 1.